The molecule has 17 heavy (non-hydrogen) atoms. The standard InChI is InChI=1S/C13H28N2O2/c1-3-16-10-8-15(9-11-17-4-2)13-7-5-6-12(13)14/h12-13H,3-11,14H2,1-2H3. The first-order valence-corrected chi connectivity index (χ1v) is 6.94. The van der Waals surface area contributed by atoms with Crippen molar-refractivity contribution in [3.63, 3.8) is 0 Å². The highest BCUT2D eigenvalue weighted by Gasteiger charge is 2.28. The third-order valence-electron chi connectivity index (χ3n) is 3.45. The smallest absolute Gasteiger partial charge is 0.0593 e. The molecule has 0 aromatic carbocycles. The Labute approximate surface area is 105 Å². The van der Waals surface area contributed by atoms with Crippen LogP contribution >= 0.6 is 0 Å². The molecule has 1 rings (SSSR count). The van der Waals surface area contributed by atoms with Crippen molar-refractivity contribution in [1.82, 2.24) is 4.90 Å². The fourth-order valence-electron chi connectivity index (χ4n) is 2.52. The van der Waals surface area contributed by atoms with Gasteiger partial charge in [-0.05, 0) is 26.7 Å². The third-order valence-corrected chi connectivity index (χ3v) is 3.45. The highest BCUT2D eigenvalue weighted by Crippen LogP contribution is 2.22. The summed E-state index contributed by atoms with van der Waals surface area (Å²) >= 11 is 0. The summed E-state index contributed by atoms with van der Waals surface area (Å²) in [6, 6.07) is 0.856. The van der Waals surface area contributed by atoms with Gasteiger partial charge in [-0.1, -0.05) is 6.42 Å². The topological polar surface area (TPSA) is 47.7 Å². The van der Waals surface area contributed by atoms with Crippen LogP contribution in [-0.2, 0) is 9.47 Å². The predicted molar refractivity (Wildman–Crippen MR) is 70.2 cm³/mol. The third kappa shape index (κ3) is 5.34. The molecule has 0 aromatic heterocycles. The second-order valence-electron chi connectivity index (χ2n) is 4.59. The zero-order valence-corrected chi connectivity index (χ0v) is 11.4. The molecule has 4 nitrogen and oxygen atoms in total. The molecule has 4 heteroatoms. The molecule has 1 saturated carbocycles. The van der Waals surface area contributed by atoms with Crippen molar-refractivity contribution in [3.05, 3.63) is 0 Å². The van der Waals surface area contributed by atoms with Crippen LogP contribution in [0.2, 0.25) is 0 Å². The lowest BCUT2D eigenvalue weighted by Gasteiger charge is -2.31. The van der Waals surface area contributed by atoms with Gasteiger partial charge in [0, 0.05) is 38.4 Å². The number of ether oxygens (including phenoxy) is 2. The van der Waals surface area contributed by atoms with Crippen LogP contribution in [0.25, 0.3) is 0 Å². The summed E-state index contributed by atoms with van der Waals surface area (Å²) in [7, 11) is 0. The van der Waals surface area contributed by atoms with Crippen molar-refractivity contribution in [2.75, 3.05) is 39.5 Å². The summed E-state index contributed by atoms with van der Waals surface area (Å²) in [5, 5.41) is 0. The SMILES string of the molecule is CCOCCN(CCOCC)C1CCCC1N. The van der Waals surface area contributed by atoms with Gasteiger partial charge in [-0.25, -0.2) is 0 Å². The Morgan fingerprint density at radius 2 is 1.65 bits per heavy atom. The normalized spacial score (nSPS) is 24.7. The van der Waals surface area contributed by atoms with Crippen molar-refractivity contribution in [2.45, 2.75) is 45.2 Å². The van der Waals surface area contributed by atoms with Crippen LogP contribution in [0.4, 0.5) is 0 Å². The molecule has 2 atom stereocenters. The molecule has 1 fully saturated rings. The molecule has 1 aliphatic rings. The summed E-state index contributed by atoms with van der Waals surface area (Å²) in [5.74, 6) is 0. The van der Waals surface area contributed by atoms with Crippen LogP contribution in [0.1, 0.15) is 33.1 Å². The summed E-state index contributed by atoms with van der Waals surface area (Å²) < 4.78 is 10.9. The maximum absolute atomic E-state index is 6.17. The number of nitrogens with zero attached hydrogens (tertiary/aromatic N) is 1. The first kappa shape index (κ1) is 14.9. The van der Waals surface area contributed by atoms with Crippen LogP contribution in [0.3, 0.4) is 0 Å². The molecule has 0 amide bonds. The number of rotatable bonds is 9. The maximum Gasteiger partial charge on any atom is 0.0593 e. The van der Waals surface area contributed by atoms with E-state index in [9.17, 15) is 0 Å². The largest absolute Gasteiger partial charge is 0.380 e. The Morgan fingerprint density at radius 1 is 1.06 bits per heavy atom. The monoisotopic (exact) mass is 244 g/mol. The van der Waals surface area contributed by atoms with E-state index in [-0.39, 0.29) is 0 Å². The molecule has 0 bridgehead atoms. The van der Waals surface area contributed by atoms with E-state index in [0.717, 1.165) is 45.9 Å². The Balaban J connectivity index is 2.34. The Morgan fingerprint density at radius 3 is 2.06 bits per heavy atom. The number of hydrogen-bond donors (Lipinski definition) is 1. The molecule has 0 heterocycles. The van der Waals surface area contributed by atoms with Crippen LogP contribution in [0.15, 0.2) is 0 Å². The fourth-order valence-corrected chi connectivity index (χ4v) is 2.52. The van der Waals surface area contributed by atoms with Gasteiger partial charge in [-0.15, -0.1) is 0 Å². The summed E-state index contributed by atoms with van der Waals surface area (Å²) in [6.45, 7) is 9.18. The molecule has 0 saturated heterocycles. The van der Waals surface area contributed by atoms with E-state index in [1.54, 1.807) is 0 Å². The maximum atomic E-state index is 6.17. The lowest BCUT2D eigenvalue weighted by Crippen LogP contribution is -2.47. The second-order valence-corrected chi connectivity index (χ2v) is 4.59. The summed E-state index contributed by atoms with van der Waals surface area (Å²) in [5.41, 5.74) is 6.17. The van der Waals surface area contributed by atoms with Crippen molar-refractivity contribution in [3.8, 4) is 0 Å². The van der Waals surface area contributed by atoms with Gasteiger partial charge in [0.05, 0.1) is 13.2 Å². The first-order chi connectivity index (χ1) is 8.29. The average Bonchev–Trinajstić information content (AvgIpc) is 2.74. The lowest BCUT2D eigenvalue weighted by atomic mass is 10.1. The Kier molecular flexibility index (Phi) is 7.77. The Bertz CT molecular complexity index is 180. The molecule has 2 N–H and O–H groups in total. The minimum absolute atomic E-state index is 0.332. The van der Waals surface area contributed by atoms with Gasteiger partial charge < -0.3 is 15.2 Å². The number of nitrogens with two attached hydrogens (primary N) is 1. The highest BCUT2D eigenvalue weighted by molar-refractivity contribution is 4.88. The van der Waals surface area contributed by atoms with E-state index in [0.29, 0.717) is 12.1 Å². The molecule has 0 aliphatic heterocycles. The molecule has 0 spiro atoms. The van der Waals surface area contributed by atoms with Crippen molar-refractivity contribution in [2.24, 2.45) is 5.73 Å². The zero-order chi connectivity index (χ0) is 12.5. The van der Waals surface area contributed by atoms with Gasteiger partial charge in [0.2, 0.25) is 0 Å². The zero-order valence-electron chi connectivity index (χ0n) is 11.4. The first-order valence-electron chi connectivity index (χ1n) is 6.94. The van der Waals surface area contributed by atoms with E-state index in [2.05, 4.69) is 4.90 Å². The quantitative estimate of drug-likeness (QED) is 0.620. The van der Waals surface area contributed by atoms with Gasteiger partial charge in [0.15, 0.2) is 0 Å². The molecule has 1 aliphatic carbocycles. The van der Waals surface area contributed by atoms with E-state index in [4.69, 9.17) is 15.2 Å². The van der Waals surface area contributed by atoms with Gasteiger partial charge in [-0.3, -0.25) is 4.90 Å². The van der Waals surface area contributed by atoms with E-state index >= 15 is 0 Å². The lowest BCUT2D eigenvalue weighted by molar-refractivity contribution is 0.0606. The summed E-state index contributed by atoms with van der Waals surface area (Å²) in [6.07, 6.45) is 3.63. The van der Waals surface area contributed by atoms with Gasteiger partial charge in [0.1, 0.15) is 0 Å². The molecule has 0 aromatic rings. The van der Waals surface area contributed by atoms with E-state index < -0.39 is 0 Å². The minimum atomic E-state index is 0.332. The molecular formula is C13H28N2O2. The van der Waals surface area contributed by atoms with Crippen molar-refractivity contribution in [1.29, 1.82) is 0 Å². The van der Waals surface area contributed by atoms with E-state index in [1.807, 2.05) is 13.8 Å². The highest BCUT2D eigenvalue weighted by atomic mass is 16.5. The van der Waals surface area contributed by atoms with Crippen molar-refractivity contribution < 1.29 is 9.47 Å². The Hall–Kier alpha value is -0.160. The van der Waals surface area contributed by atoms with Gasteiger partial charge in [-0.2, -0.15) is 0 Å². The van der Waals surface area contributed by atoms with Crippen LogP contribution in [-0.4, -0.2) is 56.5 Å². The van der Waals surface area contributed by atoms with E-state index in [1.165, 1.54) is 12.8 Å². The molecule has 102 valence electrons. The molecule has 0 radical (unpaired) electrons. The van der Waals surface area contributed by atoms with Crippen LogP contribution in [0.5, 0.6) is 0 Å². The fraction of sp³-hybridized carbons (Fsp3) is 1.00. The predicted octanol–water partition coefficient (Wildman–Crippen LogP) is 1.24. The average molecular weight is 244 g/mol. The van der Waals surface area contributed by atoms with Gasteiger partial charge in [0.25, 0.3) is 0 Å². The van der Waals surface area contributed by atoms with Gasteiger partial charge >= 0.3 is 0 Å². The van der Waals surface area contributed by atoms with Crippen molar-refractivity contribution >= 4 is 0 Å². The molecule has 2 unspecified atom stereocenters. The molecular weight excluding hydrogens is 216 g/mol. The van der Waals surface area contributed by atoms with Crippen LogP contribution < -0.4 is 5.73 Å². The number of hydrogen-bond acceptors (Lipinski definition) is 4. The minimum Gasteiger partial charge on any atom is -0.380 e. The van der Waals surface area contributed by atoms with Crippen LogP contribution in [0, 0.1) is 0 Å². The second kappa shape index (κ2) is 8.86. The summed E-state index contributed by atoms with van der Waals surface area (Å²) in [4.78, 5) is 2.45.